The average Bonchev–Trinajstić information content (AvgIpc) is 2.34. The van der Waals surface area contributed by atoms with E-state index in [9.17, 15) is 4.79 Å². The summed E-state index contributed by atoms with van der Waals surface area (Å²) in [7, 11) is 0. The third-order valence-corrected chi connectivity index (χ3v) is 2.36. The van der Waals surface area contributed by atoms with Crippen LogP contribution in [0.4, 0.5) is 11.6 Å². The number of nitrogens with one attached hydrogen (secondary N) is 2. The number of hydrogen-bond acceptors (Lipinski definition) is 6. The van der Waals surface area contributed by atoms with E-state index in [0.29, 0.717) is 19.6 Å². The second-order valence-corrected chi connectivity index (χ2v) is 3.71. The summed E-state index contributed by atoms with van der Waals surface area (Å²) >= 11 is 0. The van der Waals surface area contributed by atoms with Crippen LogP contribution in [0, 0.1) is 6.92 Å². The molecule has 0 saturated carbocycles. The van der Waals surface area contributed by atoms with E-state index in [0.717, 1.165) is 23.7 Å². The Hall–Kier alpha value is -1.85. The summed E-state index contributed by atoms with van der Waals surface area (Å²) in [6.45, 7) is 7.46. The molecule has 0 amide bonds. The first-order chi connectivity index (χ1) is 8.69. The molecule has 0 saturated heterocycles. The third kappa shape index (κ3) is 4.20. The number of esters is 1. The molecule has 0 unspecified atom stereocenters. The van der Waals surface area contributed by atoms with Gasteiger partial charge in [-0.2, -0.15) is 0 Å². The minimum atomic E-state index is -0.205. The van der Waals surface area contributed by atoms with Gasteiger partial charge in [0.25, 0.3) is 0 Å². The number of nitrogens with zero attached hydrogens (tertiary/aromatic N) is 2. The fourth-order valence-corrected chi connectivity index (χ4v) is 1.49. The molecule has 1 heterocycles. The van der Waals surface area contributed by atoms with Crippen LogP contribution in [0.1, 0.15) is 25.8 Å². The SMILES string of the molecule is CCNc1ncnc(NCCC(=O)OCC)c1C. The van der Waals surface area contributed by atoms with E-state index in [2.05, 4.69) is 20.6 Å². The Labute approximate surface area is 107 Å². The lowest BCUT2D eigenvalue weighted by Gasteiger charge is -2.11. The molecule has 0 fully saturated rings. The number of aromatic nitrogens is 2. The van der Waals surface area contributed by atoms with Gasteiger partial charge < -0.3 is 15.4 Å². The number of hydrogen-bond donors (Lipinski definition) is 2. The van der Waals surface area contributed by atoms with Crippen LogP contribution in [-0.4, -0.2) is 35.6 Å². The molecule has 1 aromatic heterocycles. The molecular formula is C12H20N4O2. The summed E-state index contributed by atoms with van der Waals surface area (Å²) in [6.07, 6.45) is 1.82. The lowest BCUT2D eigenvalue weighted by Crippen LogP contribution is -2.13. The van der Waals surface area contributed by atoms with Crippen molar-refractivity contribution in [3.05, 3.63) is 11.9 Å². The second kappa shape index (κ2) is 7.47. The van der Waals surface area contributed by atoms with Crippen LogP contribution in [0.5, 0.6) is 0 Å². The maximum atomic E-state index is 11.2. The molecular weight excluding hydrogens is 232 g/mol. The number of carbonyl (C=O) groups is 1. The smallest absolute Gasteiger partial charge is 0.307 e. The fourth-order valence-electron chi connectivity index (χ4n) is 1.49. The lowest BCUT2D eigenvalue weighted by molar-refractivity contribution is -0.142. The highest BCUT2D eigenvalue weighted by molar-refractivity contribution is 5.70. The van der Waals surface area contributed by atoms with Gasteiger partial charge in [0.1, 0.15) is 18.0 Å². The number of carbonyl (C=O) groups excluding carboxylic acids is 1. The summed E-state index contributed by atoms with van der Waals surface area (Å²) in [5.74, 6) is 1.35. The highest BCUT2D eigenvalue weighted by atomic mass is 16.5. The van der Waals surface area contributed by atoms with E-state index in [1.54, 1.807) is 6.92 Å². The lowest BCUT2D eigenvalue weighted by atomic mass is 10.3. The number of ether oxygens (including phenoxy) is 1. The van der Waals surface area contributed by atoms with Crippen molar-refractivity contribution >= 4 is 17.6 Å². The van der Waals surface area contributed by atoms with Crippen LogP contribution >= 0.6 is 0 Å². The van der Waals surface area contributed by atoms with Crippen molar-refractivity contribution in [3.8, 4) is 0 Å². The zero-order chi connectivity index (χ0) is 13.4. The van der Waals surface area contributed by atoms with Crippen molar-refractivity contribution in [2.45, 2.75) is 27.2 Å². The molecule has 0 bridgehead atoms. The molecule has 1 rings (SSSR count). The summed E-state index contributed by atoms with van der Waals surface area (Å²) in [6, 6.07) is 0. The maximum Gasteiger partial charge on any atom is 0.307 e. The maximum absolute atomic E-state index is 11.2. The van der Waals surface area contributed by atoms with Gasteiger partial charge in [-0.05, 0) is 20.8 Å². The molecule has 6 nitrogen and oxygen atoms in total. The molecule has 0 spiro atoms. The van der Waals surface area contributed by atoms with Crippen LogP contribution in [0.2, 0.25) is 0 Å². The minimum Gasteiger partial charge on any atom is -0.466 e. The molecule has 100 valence electrons. The molecule has 1 aromatic rings. The van der Waals surface area contributed by atoms with E-state index in [1.165, 1.54) is 6.33 Å². The van der Waals surface area contributed by atoms with Crippen LogP contribution < -0.4 is 10.6 Å². The first-order valence-corrected chi connectivity index (χ1v) is 6.14. The predicted octanol–water partition coefficient (Wildman–Crippen LogP) is 1.58. The highest BCUT2D eigenvalue weighted by Gasteiger charge is 2.07. The summed E-state index contributed by atoms with van der Waals surface area (Å²) in [4.78, 5) is 19.5. The van der Waals surface area contributed by atoms with Gasteiger partial charge in [0.05, 0.1) is 13.0 Å². The predicted molar refractivity (Wildman–Crippen MR) is 70.7 cm³/mol. The molecule has 2 N–H and O–H groups in total. The third-order valence-electron chi connectivity index (χ3n) is 2.36. The van der Waals surface area contributed by atoms with Crippen molar-refractivity contribution in [3.63, 3.8) is 0 Å². The minimum absolute atomic E-state index is 0.205. The Balaban J connectivity index is 2.52. The van der Waals surface area contributed by atoms with E-state index >= 15 is 0 Å². The molecule has 0 aliphatic heterocycles. The van der Waals surface area contributed by atoms with E-state index in [1.807, 2.05) is 13.8 Å². The zero-order valence-corrected chi connectivity index (χ0v) is 11.1. The molecule has 0 atom stereocenters. The highest BCUT2D eigenvalue weighted by Crippen LogP contribution is 2.17. The van der Waals surface area contributed by atoms with E-state index < -0.39 is 0 Å². The average molecular weight is 252 g/mol. The normalized spacial score (nSPS) is 9.94. The Bertz CT molecular complexity index is 396. The van der Waals surface area contributed by atoms with Crippen LogP contribution in [-0.2, 0) is 9.53 Å². The first-order valence-electron chi connectivity index (χ1n) is 6.14. The van der Waals surface area contributed by atoms with Crippen molar-refractivity contribution in [2.75, 3.05) is 30.3 Å². The Kier molecular flexibility index (Phi) is 5.90. The van der Waals surface area contributed by atoms with Crippen LogP contribution in [0.15, 0.2) is 6.33 Å². The molecule has 0 aliphatic carbocycles. The van der Waals surface area contributed by atoms with Gasteiger partial charge in [0.15, 0.2) is 0 Å². The van der Waals surface area contributed by atoms with E-state index in [-0.39, 0.29) is 5.97 Å². The van der Waals surface area contributed by atoms with Gasteiger partial charge in [0, 0.05) is 18.7 Å². The first kappa shape index (κ1) is 14.2. The molecule has 0 aromatic carbocycles. The Morgan fingerprint density at radius 3 is 2.56 bits per heavy atom. The zero-order valence-electron chi connectivity index (χ0n) is 11.1. The Morgan fingerprint density at radius 1 is 1.28 bits per heavy atom. The molecule has 0 aliphatic rings. The molecule has 18 heavy (non-hydrogen) atoms. The summed E-state index contributed by atoms with van der Waals surface area (Å²) in [5, 5.41) is 6.26. The van der Waals surface area contributed by atoms with Gasteiger partial charge in [-0.1, -0.05) is 0 Å². The fraction of sp³-hybridized carbons (Fsp3) is 0.583. The van der Waals surface area contributed by atoms with E-state index in [4.69, 9.17) is 4.74 Å². The Morgan fingerprint density at radius 2 is 1.94 bits per heavy atom. The van der Waals surface area contributed by atoms with Gasteiger partial charge in [-0.25, -0.2) is 9.97 Å². The van der Waals surface area contributed by atoms with Crippen molar-refractivity contribution < 1.29 is 9.53 Å². The van der Waals surface area contributed by atoms with Crippen molar-refractivity contribution in [1.82, 2.24) is 9.97 Å². The largest absolute Gasteiger partial charge is 0.466 e. The van der Waals surface area contributed by atoms with Gasteiger partial charge in [0.2, 0.25) is 0 Å². The molecule has 6 heteroatoms. The topological polar surface area (TPSA) is 76.1 Å². The van der Waals surface area contributed by atoms with Crippen LogP contribution in [0.3, 0.4) is 0 Å². The van der Waals surface area contributed by atoms with Gasteiger partial charge in [-0.3, -0.25) is 4.79 Å². The van der Waals surface area contributed by atoms with Crippen molar-refractivity contribution in [1.29, 1.82) is 0 Å². The monoisotopic (exact) mass is 252 g/mol. The quantitative estimate of drug-likeness (QED) is 0.718. The van der Waals surface area contributed by atoms with Gasteiger partial charge in [-0.15, -0.1) is 0 Å². The summed E-state index contributed by atoms with van der Waals surface area (Å²) in [5.41, 5.74) is 0.947. The molecule has 0 radical (unpaired) electrons. The van der Waals surface area contributed by atoms with Crippen molar-refractivity contribution in [2.24, 2.45) is 0 Å². The second-order valence-electron chi connectivity index (χ2n) is 3.71. The standard InChI is InChI=1S/C12H20N4O2/c1-4-13-11-9(3)12(16-8-15-11)14-7-6-10(17)18-5-2/h8H,4-7H2,1-3H3,(H2,13,14,15,16). The van der Waals surface area contributed by atoms with Gasteiger partial charge >= 0.3 is 5.97 Å². The number of anilines is 2. The number of rotatable bonds is 7. The summed E-state index contributed by atoms with van der Waals surface area (Å²) < 4.78 is 4.85. The van der Waals surface area contributed by atoms with Crippen LogP contribution in [0.25, 0.3) is 0 Å².